The van der Waals surface area contributed by atoms with Crippen LogP contribution in [0, 0.1) is 15.9 Å². The van der Waals surface area contributed by atoms with Crippen LogP contribution in [0.5, 0.6) is 0 Å². The van der Waals surface area contributed by atoms with Crippen molar-refractivity contribution in [1.82, 2.24) is 9.38 Å². The second kappa shape index (κ2) is 3.81. The van der Waals surface area contributed by atoms with Crippen molar-refractivity contribution in [2.45, 2.75) is 6.42 Å². The van der Waals surface area contributed by atoms with Gasteiger partial charge in [-0.1, -0.05) is 0 Å². The minimum absolute atomic E-state index is 0.0845. The molecule has 2 aromatic heterocycles. The molecule has 8 heteroatoms. The number of carbonyl (C=O) groups is 1. The highest BCUT2D eigenvalue weighted by Crippen LogP contribution is 2.23. The zero-order chi connectivity index (χ0) is 12.6. The molecule has 0 bridgehead atoms. The maximum atomic E-state index is 13.4. The number of nitrogens with zero attached hydrogens (tertiary/aromatic N) is 3. The highest BCUT2D eigenvalue weighted by molar-refractivity contribution is 5.71. The lowest BCUT2D eigenvalue weighted by Crippen LogP contribution is -2.04. The number of carboxylic acid groups (broad SMARTS) is 1. The number of aromatic nitrogens is 2. The van der Waals surface area contributed by atoms with Gasteiger partial charge >= 0.3 is 11.8 Å². The zero-order valence-electron chi connectivity index (χ0n) is 8.33. The van der Waals surface area contributed by atoms with Gasteiger partial charge in [0.05, 0.1) is 0 Å². The fourth-order valence-electron chi connectivity index (χ4n) is 1.53. The second-order valence-electron chi connectivity index (χ2n) is 3.25. The minimum atomic E-state index is -1.20. The van der Waals surface area contributed by atoms with Crippen molar-refractivity contribution < 1.29 is 19.2 Å². The summed E-state index contributed by atoms with van der Waals surface area (Å²) in [5.41, 5.74) is -0.325. The number of rotatable bonds is 3. The van der Waals surface area contributed by atoms with E-state index in [9.17, 15) is 19.3 Å². The summed E-state index contributed by atoms with van der Waals surface area (Å²) in [4.78, 5) is 23.9. The predicted molar refractivity (Wildman–Crippen MR) is 53.1 cm³/mol. The Hall–Kier alpha value is -2.51. The summed E-state index contributed by atoms with van der Waals surface area (Å²) in [6.07, 6.45) is 0.815. The number of aliphatic carboxylic acids is 1. The van der Waals surface area contributed by atoms with Crippen molar-refractivity contribution in [1.29, 1.82) is 0 Å². The number of fused-ring (bicyclic) bond motifs is 1. The summed E-state index contributed by atoms with van der Waals surface area (Å²) in [6.45, 7) is 0. The molecule has 0 spiro atoms. The van der Waals surface area contributed by atoms with Gasteiger partial charge in [-0.05, 0) is 22.0 Å². The van der Waals surface area contributed by atoms with Gasteiger partial charge in [-0.25, -0.2) is 4.39 Å². The summed E-state index contributed by atoms with van der Waals surface area (Å²) in [5.74, 6) is -2.78. The maximum Gasteiger partial charge on any atom is 0.392 e. The Bertz CT molecular complexity index is 622. The van der Waals surface area contributed by atoms with Crippen LogP contribution in [-0.2, 0) is 11.2 Å². The Balaban J connectivity index is 2.75. The fourth-order valence-corrected chi connectivity index (χ4v) is 1.53. The van der Waals surface area contributed by atoms with E-state index in [0.29, 0.717) is 0 Å². The molecule has 2 rings (SSSR count). The van der Waals surface area contributed by atoms with E-state index >= 15 is 0 Å². The van der Waals surface area contributed by atoms with Gasteiger partial charge in [0.1, 0.15) is 6.42 Å². The molecule has 0 aliphatic carbocycles. The van der Waals surface area contributed by atoms with Crippen molar-refractivity contribution >= 4 is 17.3 Å². The van der Waals surface area contributed by atoms with Gasteiger partial charge in [0.15, 0.2) is 11.3 Å². The number of hydrogen-bond donors (Lipinski definition) is 1. The van der Waals surface area contributed by atoms with E-state index in [1.165, 1.54) is 12.3 Å². The van der Waals surface area contributed by atoms with E-state index < -0.39 is 28.9 Å². The van der Waals surface area contributed by atoms with E-state index in [4.69, 9.17) is 5.11 Å². The first-order chi connectivity index (χ1) is 8.00. The Labute approximate surface area is 93.3 Å². The maximum absolute atomic E-state index is 13.4. The van der Waals surface area contributed by atoms with Gasteiger partial charge in [-0.15, -0.1) is 0 Å². The smallest absolute Gasteiger partial charge is 0.392 e. The van der Waals surface area contributed by atoms with Gasteiger partial charge < -0.3 is 15.2 Å². The number of hydrogen-bond acceptors (Lipinski definition) is 4. The third-order valence-electron chi connectivity index (χ3n) is 2.15. The van der Waals surface area contributed by atoms with E-state index in [1.807, 2.05) is 0 Å². The Kier molecular flexibility index (Phi) is 2.47. The Morgan fingerprint density at radius 1 is 1.65 bits per heavy atom. The average molecular weight is 239 g/mol. The molecule has 2 aromatic rings. The first kappa shape index (κ1) is 11.0. The molecule has 88 valence electrons. The summed E-state index contributed by atoms with van der Waals surface area (Å²) in [5, 5.41) is 19.3. The molecule has 0 saturated heterocycles. The molecule has 0 radical (unpaired) electrons. The molecule has 0 aromatic carbocycles. The monoisotopic (exact) mass is 239 g/mol. The van der Waals surface area contributed by atoms with E-state index in [2.05, 4.69) is 4.98 Å². The molecular formula is C9H6FN3O4. The van der Waals surface area contributed by atoms with Gasteiger partial charge in [-0.3, -0.25) is 9.20 Å². The quantitative estimate of drug-likeness (QED) is 0.636. The molecule has 0 unspecified atom stereocenters. The van der Waals surface area contributed by atoms with Crippen molar-refractivity contribution in [3.8, 4) is 0 Å². The number of nitro groups is 1. The highest BCUT2D eigenvalue weighted by atomic mass is 19.1. The standard InChI is InChI=1S/C9H6FN3O4/c10-5-2-1-3-12-6(4-7(14)15)11-9(8(5)12)13(16)17/h1-3H,4H2,(H,14,15). The molecule has 1 N–H and O–H groups in total. The van der Waals surface area contributed by atoms with E-state index in [0.717, 1.165) is 10.5 Å². The molecule has 0 aliphatic heterocycles. The summed E-state index contributed by atoms with van der Waals surface area (Å²) < 4.78 is 14.5. The average Bonchev–Trinajstić information content (AvgIpc) is 2.58. The zero-order valence-corrected chi connectivity index (χ0v) is 8.33. The van der Waals surface area contributed by atoms with E-state index in [1.54, 1.807) is 0 Å². The lowest BCUT2D eigenvalue weighted by molar-refractivity contribution is -0.387. The van der Waals surface area contributed by atoms with Crippen LogP contribution in [0.3, 0.4) is 0 Å². The second-order valence-corrected chi connectivity index (χ2v) is 3.25. The molecule has 0 amide bonds. The Morgan fingerprint density at radius 3 is 2.94 bits per heavy atom. The summed E-state index contributed by atoms with van der Waals surface area (Å²) >= 11 is 0. The molecule has 0 fully saturated rings. The number of pyridine rings is 1. The van der Waals surface area contributed by atoms with Crippen molar-refractivity contribution in [3.05, 3.63) is 40.1 Å². The van der Waals surface area contributed by atoms with Gasteiger partial charge in [0.25, 0.3) is 0 Å². The van der Waals surface area contributed by atoms with Crippen LogP contribution in [0.1, 0.15) is 5.82 Å². The lowest BCUT2D eigenvalue weighted by atomic mass is 10.3. The highest BCUT2D eigenvalue weighted by Gasteiger charge is 2.26. The van der Waals surface area contributed by atoms with Gasteiger partial charge in [0, 0.05) is 6.20 Å². The molecule has 17 heavy (non-hydrogen) atoms. The van der Waals surface area contributed by atoms with Crippen molar-refractivity contribution in [2.24, 2.45) is 0 Å². The molecular weight excluding hydrogens is 233 g/mol. The summed E-state index contributed by atoms with van der Waals surface area (Å²) in [6, 6.07) is 2.37. The third-order valence-corrected chi connectivity index (χ3v) is 2.15. The van der Waals surface area contributed by atoms with Crippen LogP contribution in [0.2, 0.25) is 0 Å². The molecule has 0 saturated carbocycles. The van der Waals surface area contributed by atoms with Crippen LogP contribution < -0.4 is 0 Å². The number of imidazole rings is 1. The Morgan fingerprint density at radius 2 is 2.35 bits per heavy atom. The minimum Gasteiger partial charge on any atom is -0.481 e. The van der Waals surface area contributed by atoms with Crippen LogP contribution in [-0.4, -0.2) is 25.4 Å². The van der Waals surface area contributed by atoms with Gasteiger partial charge in [-0.2, -0.15) is 0 Å². The predicted octanol–water partition coefficient (Wildman–Crippen LogP) is 1.01. The first-order valence-electron chi connectivity index (χ1n) is 4.52. The lowest BCUT2D eigenvalue weighted by Gasteiger charge is -1.95. The number of carboxylic acids is 1. The molecule has 0 aliphatic rings. The molecule has 0 atom stereocenters. The van der Waals surface area contributed by atoms with Crippen molar-refractivity contribution in [3.63, 3.8) is 0 Å². The fraction of sp³-hybridized carbons (Fsp3) is 0.111. The SMILES string of the molecule is O=C(O)Cc1nc([N+](=O)[O-])c2c(F)cccn12. The van der Waals surface area contributed by atoms with Crippen LogP contribution >= 0.6 is 0 Å². The topological polar surface area (TPSA) is 97.7 Å². The molecule has 7 nitrogen and oxygen atoms in total. The third kappa shape index (κ3) is 1.80. The first-order valence-corrected chi connectivity index (χ1v) is 4.52. The van der Waals surface area contributed by atoms with Crippen LogP contribution in [0.4, 0.5) is 10.2 Å². The number of halogens is 1. The summed E-state index contributed by atoms with van der Waals surface area (Å²) in [7, 11) is 0. The van der Waals surface area contributed by atoms with Gasteiger partial charge in [0.2, 0.25) is 5.82 Å². The molecule has 2 heterocycles. The van der Waals surface area contributed by atoms with Crippen molar-refractivity contribution in [2.75, 3.05) is 0 Å². The van der Waals surface area contributed by atoms with Crippen LogP contribution in [0.25, 0.3) is 5.52 Å². The van der Waals surface area contributed by atoms with E-state index in [-0.39, 0.29) is 11.3 Å². The van der Waals surface area contributed by atoms with Crippen LogP contribution in [0.15, 0.2) is 18.3 Å². The largest absolute Gasteiger partial charge is 0.481 e. The normalized spacial score (nSPS) is 10.6.